The lowest BCUT2D eigenvalue weighted by Crippen LogP contribution is -2.40. The van der Waals surface area contributed by atoms with Gasteiger partial charge < -0.3 is 20.7 Å². The lowest BCUT2D eigenvalue weighted by molar-refractivity contribution is -0.152. The van der Waals surface area contributed by atoms with Gasteiger partial charge in [0.2, 0.25) is 5.91 Å². The number of ether oxygens (including phenoxy) is 1. The number of anilines is 1. The fourth-order valence-electron chi connectivity index (χ4n) is 2.30. The third-order valence-electron chi connectivity index (χ3n) is 3.90. The van der Waals surface area contributed by atoms with E-state index in [-0.39, 0.29) is 10.6 Å². The molecule has 1 unspecified atom stereocenters. The second-order valence-electron chi connectivity index (χ2n) is 6.30. The van der Waals surface area contributed by atoms with Crippen LogP contribution in [0.4, 0.5) is 14.5 Å². The van der Waals surface area contributed by atoms with E-state index in [1.54, 1.807) is 0 Å². The number of carbonyl (C=O) groups is 4. The molecule has 0 radical (unpaired) electrons. The van der Waals surface area contributed by atoms with E-state index >= 15 is 0 Å². The quantitative estimate of drug-likeness (QED) is 0.495. The van der Waals surface area contributed by atoms with Gasteiger partial charge in [-0.1, -0.05) is 29.3 Å². The van der Waals surface area contributed by atoms with Crippen molar-refractivity contribution in [2.45, 2.75) is 13.0 Å². The average Bonchev–Trinajstić information content (AvgIpc) is 2.73. The molecular weight excluding hydrogens is 471 g/mol. The lowest BCUT2D eigenvalue weighted by Gasteiger charge is -2.14. The monoisotopic (exact) mass is 487 g/mol. The van der Waals surface area contributed by atoms with Gasteiger partial charge in [0.25, 0.3) is 11.8 Å². The van der Waals surface area contributed by atoms with Gasteiger partial charge in [0, 0.05) is 5.02 Å². The predicted molar refractivity (Wildman–Crippen MR) is 112 cm³/mol. The van der Waals surface area contributed by atoms with E-state index in [0.717, 1.165) is 18.2 Å². The fourth-order valence-corrected chi connectivity index (χ4v) is 2.79. The number of para-hydroxylation sites is 1. The highest BCUT2D eigenvalue weighted by Gasteiger charge is 2.21. The van der Waals surface area contributed by atoms with Crippen molar-refractivity contribution in [1.29, 1.82) is 0 Å². The molecule has 0 aliphatic carbocycles. The topological polar surface area (TPSA) is 114 Å². The van der Waals surface area contributed by atoms with Crippen LogP contribution in [0.25, 0.3) is 0 Å². The summed E-state index contributed by atoms with van der Waals surface area (Å²) in [5.74, 6) is -5.29. The molecule has 3 amide bonds. The first-order valence-corrected chi connectivity index (χ1v) is 9.78. The summed E-state index contributed by atoms with van der Waals surface area (Å²) in [5.41, 5.74) is -0.570. The van der Waals surface area contributed by atoms with Crippen molar-refractivity contribution >= 4 is 52.6 Å². The van der Waals surface area contributed by atoms with Crippen LogP contribution in [-0.4, -0.2) is 42.9 Å². The summed E-state index contributed by atoms with van der Waals surface area (Å²) in [7, 11) is 0. The number of rotatable bonds is 8. The summed E-state index contributed by atoms with van der Waals surface area (Å²) < 4.78 is 32.0. The van der Waals surface area contributed by atoms with E-state index in [1.807, 2.05) is 5.32 Å². The van der Waals surface area contributed by atoms with E-state index in [1.165, 1.54) is 25.1 Å². The third-order valence-corrected chi connectivity index (χ3v) is 4.45. The van der Waals surface area contributed by atoms with Crippen molar-refractivity contribution in [3.8, 4) is 0 Å². The highest BCUT2D eigenvalue weighted by Crippen LogP contribution is 2.21. The van der Waals surface area contributed by atoms with Gasteiger partial charge in [-0.3, -0.25) is 19.2 Å². The van der Waals surface area contributed by atoms with Crippen molar-refractivity contribution in [2.24, 2.45) is 0 Å². The minimum atomic E-state index is -1.40. The number of esters is 1. The number of halogens is 4. The number of hydrogen-bond donors (Lipinski definition) is 3. The van der Waals surface area contributed by atoms with Crippen molar-refractivity contribution in [2.75, 3.05) is 18.4 Å². The Balaban J connectivity index is 1.76. The zero-order chi connectivity index (χ0) is 23.8. The van der Waals surface area contributed by atoms with Gasteiger partial charge in [-0.2, -0.15) is 0 Å². The molecule has 0 bridgehead atoms. The number of nitrogens with one attached hydrogen (secondary N) is 3. The summed E-state index contributed by atoms with van der Waals surface area (Å²) in [6, 6.07) is 7.23. The maximum atomic E-state index is 13.6. The third kappa shape index (κ3) is 7.17. The molecule has 2 rings (SSSR count). The standard InChI is InChI=1S/C20H17Cl2F2N3O5/c1-10(19(30)27-18-14(23)3-2-4-15(18)24)32-17(29)9-25-16(28)8-26-20(31)12-6-5-11(21)7-13(12)22/h2-7,10H,8-9H2,1H3,(H,25,28)(H,26,31)(H,27,30). The smallest absolute Gasteiger partial charge is 0.326 e. The van der Waals surface area contributed by atoms with Crippen molar-refractivity contribution in [3.63, 3.8) is 0 Å². The molecule has 0 spiro atoms. The van der Waals surface area contributed by atoms with Gasteiger partial charge in [-0.25, -0.2) is 8.78 Å². The zero-order valence-corrected chi connectivity index (χ0v) is 18.0. The van der Waals surface area contributed by atoms with Crippen molar-refractivity contribution in [1.82, 2.24) is 10.6 Å². The zero-order valence-electron chi connectivity index (χ0n) is 16.5. The average molecular weight is 488 g/mol. The summed E-state index contributed by atoms with van der Waals surface area (Å²) in [4.78, 5) is 47.6. The van der Waals surface area contributed by atoms with Crippen LogP contribution in [0.5, 0.6) is 0 Å². The Kier molecular flexibility index (Phi) is 8.91. The van der Waals surface area contributed by atoms with E-state index < -0.39 is 60.2 Å². The van der Waals surface area contributed by atoms with Crippen LogP contribution in [0.2, 0.25) is 10.0 Å². The van der Waals surface area contributed by atoms with Gasteiger partial charge in [0.15, 0.2) is 6.10 Å². The molecule has 0 aliphatic heterocycles. The van der Waals surface area contributed by atoms with Gasteiger partial charge in [-0.15, -0.1) is 0 Å². The van der Waals surface area contributed by atoms with E-state index in [9.17, 15) is 28.0 Å². The Morgan fingerprint density at radius 3 is 2.28 bits per heavy atom. The minimum Gasteiger partial charge on any atom is -0.451 e. The van der Waals surface area contributed by atoms with Gasteiger partial charge >= 0.3 is 5.97 Å². The molecule has 1 atom stereocenters. The normalized spacial score (nSPS) is 11.3. The molecule has 2 aromatic rings. The van der Waals surface area contributed by atoms with Crippen LogP contribution in [0.15, 0.2) is 36.4 Å². The molecule has 0 aliphatic rings. The summed E-state index contributed by atoms with van der Waals surface area (Å²) in [5, 5.41) is 6.93. The van der Waals surface area contributed by atoms with Crippen LogP contribution in [0, 0.1) is 11.6 Å². The summed E-state index contributed by atoms with van der Waals surface area (Å²) in [6.45, 7) is 0.111. The van der Waals surface area contributed by atoms with Gasteiger partial charge in [0.1, 0.15) is 23.9 Å². The van der Waals surface area contributed by atoms with Crippen molar-refractivity contribution < 1.29 is 32.7 Å². The fraction of sp³-hybridized carbons (Fsp3) is 0.200. The lowest BCUT2D eigenvalue weighted by atomic mass is 10.2. The summed E-state index contributed by atoms with van der Waals surface area (Å²) >= 11 is 11.7. The Bertz CT molecular complexity index is 1030. The minimum absolute atomic E-state index is 0.0986. The first-order chi connectivity index (χ1) is 15.1. The van der Waals surface area contributed by atoms with Gasteiger partial charge in [0.05, 0.1) is 17.1 Å². The Morgan fingerprint density at radius 1 is 1.00 bits per heavy atom. The second kappa shape index (κ2) is 11.4. The van der Waals surface area contributed by atoms with Crippen molar-refractivity contribution in [3.05, 3.63) is 63.6 Å². The molecule has 2 aromatic carbocycles. The largest absolute Gasteiger partial charge is 0.451 e. The van der Waals surface area contributed by atoms with Crippen LogP contribution in [0.3, 0.4) is 0 Å². The number of carbonyl (C=O) groups excluding carboxylic acids is 4. The molecule has 170 valence electrons. The maximum absolute atomic E-state index is 13.6. The molecular formula is C20H17Cl2F2N3O5. The van der Waals surface area contributed by atoms with Crippen LogP contribution in [0.1, 0.15) is 17.3 Å². The van der Waals surface area contributed by atoms with Crippen LogP contribution in [-0.2, 0) is 19.1 Å². The van der Waals surface area contributed by atoms with E-state index in [0.29, 0.717) is 5.02 Å². The van der Waals surface area contributed by atoms with E-state index in [2.05, 4.69) is 10.6 Å². The second-order valence-corrected chi connectivity index (χ2v) is 7.15. The Hall–Kier alpha value is -3.24. The molecule has 8 nitrogen and oxygen atoms in total. The maximum Gasteiger partial charge on any atom is 0.326 e. The highest BCUT2D eigenvalue weighted by atomic mass is 35.5. The molecule has 12 heteroatoms. The highest BCUT2D eigenvalue weighted by molar-refractivity contribution is 6.36. The first-order valence-electron chi connectivity index (χ1n) is 9.02. The Morgan fingerprint density at radius 2 is 1.66 bits per heavy atom. The molecule has 0 saturated heterocycles. The number of amides is 3. The molecule has 3 N–H and O–H groups in total. The predicted octanol–water partition coefficient (Wildman–Crippen LogP) is 2.69. The Labute approximate surface area is 191 Å². The molecule has 0 heterocycles. The molecule has 0 aromatic heterocycles. The summed E-state index contributed by atoms with van der Waals surface area (Å²) in [6.07, 6.45) is -1.40. The SMILES string of the molecule is CC(OC(=O)CNC(=O)CNC(=O)c1ccc(Cl)cc1Cl)C(=O)Nc1c(F)cccc1F. The van der Waals surface area contributed by atoms with Gasteiger partial charge in [-0.05, 0) is 37.3 Å². The van der Waals surface area contributed by atoms with Crippen LogP contribution >= 0.6 is 23.2 Å². The molecule has 0 saturated carbocycles. The molecule has 0 fully saturated rings. The number of hydrogen-bond acceptors (Lipinski definition) is 5. The molecule has 32 heavy (non-hydrogen) atoms. The number of benzene rings is 2. The van der Waals surface area contributed by atoms with Crippen LogP contribution < -0.4 is 16.0 Å². The first kappa shape index (κ1) is 25.0. The van der Waals surface area contributed by atoms with E-state index in [4.69, 9.17) is 27.9 Å².